The second-order valence-corrected chi connectivity index (χ2v) is 10.8. The van der Waals surface area contributed by atoms with Crippen LogP contribution in [-0.2, 0) is 22.8 Å². The van der Waals surface area contributed by atoms with Crippen molar-refractivity contribution in [3.8, 4) is 22.9 Å². The molecule has 0 radical (unpaired) electrons. The minimum atomic E-state index is -5.88. The van der Waals surface area contributed by atoms with E-state index in [9.17, 15) is 30.4 Å². The van der Waals surface area contributed by atoms with Crippen molar-refractivity contribution in [1.29, 1.82) is 0 Å². The number of pyridine rings is 1. The molecule has 1 fully saturated rings. The van der Waals surface area contributed by atoms with Crippen molar-refractivity contribution in [2.45, 2.75) is 42.7 Å². The average molecular weight is 539 g/mol. The Kier molecular flexibility index (Phi) is 5.73. The number of fused-ring (bicyclic) bond motifs is 1. The Hall–Kier alpha value is -3.62. The number of hydrogen-bond acceptors (Lipinski definition) is 8. The van der Waals surface area contributed by atoms with Crippen molar-refractivity contribution in [3.05, 3.63) is 42.0 Å². The van der Waals surface area contributed by atoms with E-state index >= 15 is 0 Å². The second-order valence-electron chi connectivity index (χ2n) is 8.56. The third kappa shape index (κ3) is 4.30. The molecule has 0 spiro atoms. The van der Waals surface area contributed by atoms with E-state index < -0.39 is 27.6 Å². The first-order valence-corrected chi connectivity index (χ1v) is 12.7. The van der Waals surface area contributed by atoms with Gasteiger partial charge in [-0.25, -0.2) is 23.4 Å². The van der Waals surface area contributed by atoms with Crippen LogP contribution in [0.3, 0.4) is 0 Å². The number of sulfone groups is 1. The molecule has 37 heavy (non-hydrogen) atoms. The van der Waals surface area contributed by atoms with Gasteiger partial charge in [0, 0.05) is 36.6 Å². The largest absolute Gasteiger partial charge is 0.459 e. The molecule has 0 unspecified atom stereocenters. The first-order chi connectivity index (χ1) is 17.3. The van der Waals surface area contributed by atoms with Gasteiger partial charge in [-0.05, 0) is 31.0 Å². The van der Waals surface area contributed by atoms with E-state index in [2.05, 4.69) is 30.1 Å². The van der Waals surface area contributed by atoms with Gasteiger partial charge in [0.15, 0.2) is 27.1 Å². The van der Waals surface area contributed by atoms with E-state index in [0.29, 0.717) is 17.5 Å². The summed E-state index contributed by atoms with van der Waals surface area (Å²) in [6, 6.07) is 3.62. The lowest BCUT2D eigenvalue weighted by Gasteiger charge is -2.17. The van der Waals surface area contributed by atoms with Crippen LogP contribution in [0.25, 0.3) is 34.1 Å². The Morgan fingerprint density at radius 1 is 1.05 bits per heavy atom. The van der Waals surface area contributed by atoms with Gasteiger partial charge in [-0.3, -0.25) is 4.98 Å². The predicted octanol–water partition coefficient (Wildman–Crippen LogP) is 4.21. The first kappa shape index (κ1) is 25.0. The molecule has 0 atom stereocenters. The minimum absolute atomic E-state index is 0.108. The summed E-state index contributed by atoms with van der Waals surface area (Å²) < 4.78 is 93.3. The number of halogens is 5. The van der Waals surface area contributed by atoms with Gasteiger partial charge in [-0.2, -0.15) is 22.0 Å². The molecule has 4 heterocycles. The summed E-state index contributed by atoms with van der Waals surface area (Å²) in [5.41, 5.74) is -1.05. The highest BCUT2D eigenvalue weighted by Gasteiger charge is 2.60. The number of nitrogens with zero attached hydrogens (tertiary/aromatic N) is 7. The van der Waals surface area contributed by atoms with Crippen LogP contribution in [-0.4, -0.2) is 55.0 Å². The van der Waals surface area contributed by atoms with Gasteiger partial charge in [-0.1, -0.05) is 6.92 Å². The minimum Gasteiger partial charge on any atom is -0.309 e. The van der Waals surface area contributed by atoms with Crippen molar-refractivity contribution in [2.75, 3.05) is 5.75 Å². The number of aryl methyl sites for hydroxylation is 1. The number of hydrogen-bond donors (Lipinski definition) is 0. The molecule has 4 aromatic rings. The topological polar surface area (TPSA) is 116 Å². The van der Waals surface area contributed by atoms with Crippen molar-refractivity contribution in [2.24, 2.45) is 7.05 Å². The van der Waals surface area contributed by atoms with Crippen molar-refractivity contribution < 1.29 is 30.4 Å². The summed E-state index contributed by atoms with van der Waals surface area (Å²) in [5.74, 6) is -5.03. The molecule has 0 aromatic carbocycles. The molecule has 15 heteroatoms. The molecule has 0 bridgehead atoms. The number of rotatable bonds is 6. The highest BCUT2D eigenvalue weighted by Crippen LogP contribution is 2.43. The maximum Gasteiger partial charge on any atom is 0.459 e. The fourth-order valence-electron chi connectivity index (χ4n) is 3.74. The SMILES string of the molecule is CCS(=O)(=O)c1cc(-c2nccc(C3CC3)n2)cnc1-c1nc2cc(C(F)(F)C(F)(F)F)nnc2n1C. The Morgan fingerprint density at radius 2 is 1.78 bits per heavy atom. The molecule has 1 aliphatic rings. The molecule has 9 nitrogen and oxygen atoms in total. The van der Waals surface area contributed by atoms with Crippen LogP contribution in [0.4, 0.5) is 22.0 Å². The van der Waals surface area contributed by atoms with Crippen molar-refractivity contribution in [1.82, 2.24) is 34.7 Å². The fraction of sp³-hybridized carbons (Fsp3) is 0.364. The van der Waals surface area contributed by atoms with Crippen molar-refractivity contribution in [3.63, 3.8) is 0 Å². The molecule has 4 aromatic heterocycles. The van der Waals surface area contributed by atoms with Gasteiger partial charge in [-0.15, -0.1) is 10.2 Å². The maximum atomic E-state index is 13.8. The smallest absolute Gasteiger partial charge is 0.309 e. The van der Waals surface area contributed by atoms with E-state index in [4.69, 9.17) is 0 Å². The molecular weight excluding hydrogens is 521 g/mol. The van der Waals surface area contributed by atoms with Crippen LogP contribution in [0.1, 0.15) is 37.1 Å². The van der Waals surface area contributed by atoms with Crippen LogP contribution in [0.5, 0.6) is 0 Å². The van der Waals surface area contributed by atoms with Gasteiger partial charge < -0.3 is 4.57 Å². The van der Waals surface area contributed by atoms with Crippen LogP contribution in [0, 0.1) is 0 Å². The van der Waals surface area contributed by atoms with E-state index in [1.54, 1.807) is 12.3 Å². The zero-order valence-corrected chi connectivity index (χ0v) is 20.1. The quantitative estimate of drug-likeness (QED) is 0.335. The normalized spacial score (nSPS) is 14.9. The number of alkyl halides is 5. The Bertz CT molecular complexity index is 1630. The molecule has 0 aliphatic heterocycles. The average Bonchev–Trinajstić information content (AvgIpc) is 3.67. The van der Waals surface area contributed by atoms with Crippen LogP contribution in [0.2, 0.25) is 0 Å². The van der Waals surface area contributed by atoms with Crippen LogP contribution >= 0.6 is 0 Å². The molecule has 0 saturated heterocycles. The molecule has 0 amide bonds. The molecule has 1 saturated carbocycles. The molecule has 5 rings (SSSR count). The van der Waals surface area contributed by atoms with Gasteiger partial charge >= 0.3 is 12.1 Å². The van der Waals surface area contributed by atoms with Gasteiger partial charge in [0.1, 0.15) is 16.9 Å². The third-order valence-electron chi connectivity index (χ3n) is 6.01. The molecule has 194 valence electrons. The Balaban J connectivity index is 1.66. The molecular formula is C22H18F5N7O2S. The summed E-state index contributed by atoms with van der Waals surface area (Å²) in [7, 11) is -2.51. The monoisotopic (exact) mass is 539 g/mol. The summed E-state index contributed by atoms with van der Waals surface area (Å²) in [6.45, 7) is 1.43. The summed E-state index contributed by atoms with van der Waals surface area (Å²) in [6.07, 6.45) is -0.934. The lowest BCUT2D eigenvalue weighted by atomic mass is 10.2. The third-order valence-corrected chi connectivity index (χ3v) is 7.75. The molecule has 0 N–H and O–H groups in total. The fourth-order valence-corrected chi connectivity index (χ4v) is 4.80. The summed E-state index contributed by atoms with van der Waals surface area (Å²) >= 11 is 0. The Labute approximate surface area is 206 Å². The van der Waals surface area contributed by atoms with Crippen molar-refractivity contribution >= 4 is 21.0 Å². The van der Waals surface area contributed by atoms with Gasteiger partial charge in [0.25, 0.3) is 0 Å². The highest BCUT2D eigenvalue weighted by molar-refractivity contribution is 7.91. The van der Waals surface area contributed by atoms with E-state index in [-0.39, 0.29) is 39.2 Å². The lowest BCUT2D eigenvalue weighted by Crippen LogP contribution is -2.34. The lowest BCUT2D eigenvalue weighted by molar-refractivity contribution is -0.291. The Morgan fingerprint density at radius 3 is 2.43 bits per heavy atom. The van der Waals surface area contributed by atoms with Gasteiger partial charge in [0.2, 0.25) is 0 Å². The predicted molar refractivity (Wildman–Crippen MR) is 120 cm³/mol. The summed E-state index contributed by atoms with van der Waals surface area (Å²) in [4.78, 5) is 16.9. The standard InChI is InChI=1S/C22H18F5N7O2S/c1-3-37(35,36)15-8-12(18-28-7-6-13(30-18)11-4-5-11)10-29-17(15)20-31-14-9-16(21(23,24)22(25,26)27)32-33-19(14)34(20)2/h6-11H,3-5H2,1-2H3. The van der Waals surface area contributed by atoms with Crippen LogP contribution < -0.4 is 0 Å². The van der Waals surface area contributed by atoms with E-state index in [0.717, 1.165) is 18.5 Å². The number of imidazole rings is 1. The molecule has 1 aliphatic carbocycles. The van der Waals surface area contributed by atoms with E-state index in [1.807, 2.05) is 0 Å². The summed E-state index contributed by atoms with van der Waals surface area (Å²) in [5, 5.41) is 6.53. The zero-order chi connectivity index (χ0) is 26.8. The second kappa shape index (κ2) is 8.46. The van der Waals surface area contributed by atoms with Gasteiger partial charge in [0.05, 0.1) is 10.6 Å². The number of aromatic nitrogens is 7. The maximum absolute atomic E-state index is 13.8. The first-order valence-electron chi connectivity index (χ1n) is 11.0. The van der Waals surface area contributed by atoms with Crippen LogP contribution in [0.15, 0.2) is 35.5 Å². The zero-order valence-electron chi connectivity index (χ0n) is 19.3. The highest BCUT2D eigenvalue weighted by atomic mass is 32.2. The van der Waals surface area contributed by atoms with E-state index in [1.165, 1.54) is 30.8 Å².